The van der Waals surface area contributed by atoms with Gasteiger partial charge in [-0.05, 0) is 53.8 Å². The molecule has 0 aliphatic rings. The monoisotopic (exact) mass is 422 g/mol. The second-order valence-electron chi connectivity index (χ2n) is 7.76. The van der Waals surface area contributed by atoms with E-state index in [2.05, 4.69) is 34.1 Å². The number of benzene rings is 2. The Balaban J connectivity index is 1.67. The van der Waals surface area contributed by atoms with E-state index >= 15 is 0 Å². The lowest BCUT2D eigenvalue weighted by Gasteiger charge is -2.14. The fourth-order valence-electron chi connectivity index (χ4n) is 3.48. The summed E-state index contributed by atoms with van der Waals surface area (Å²) in [7, 11) is 0. The third-order valence-electron chi connectivity index (χ3n) is 4.88. The third kappa shape index (κ3) is 4.66. The summed E-state index contributed by atoms with van der Waals surface area (Å²) in [6, 6.07) is 14.5. The van der Waals surface area contributed by atoms with Crippen LogP contribution in [0.3, 0.4) is 0 Å². The number of anilines is 2. The predicted octanol–water partition coefficient (Wildman–Crippen LogP) is 6.65. The van der Waals surface area contributed by atoms with Crippen LogP contribution in [0.5, 0.6) is 0 Å². The molecule has 0 amide bonds. The number of pyridine rings is 1. The molecule has 158 valence electrons. The Morgan fingerprint density at radius 2 is 1.74 bits per heavy atom. The van der Waals surface area contributed by atoms with E-state index in [1.165, 1.54) is 18.5 Å². The van der Waals surface area contributed by atoms with E-state index in [4.69, 9.17) is 0 Å². The summed E-state index contributed by atoms with van der Waals surface area (Å²) in [5.41, 5.74) is 2.24. The molecule has 0 saturated heterocycles. The van der Waals surface area contributed by atoms with Gasteiger partial charge in [0.05, 0.1) is 23.0 Å². The Bertz CT molecular complexity index is 1200. The maximum absolute atomic E-state index is 13.4. The van der Waals surface area contributed by atoms with Crippen LogP contribution in [0, 0.1) is 5.92 Å². The molecule has 0 fully saturated rings. The molecule has 0 spiro atoms. The molecule has 7 heteroatoms. The second-order valence-corrected chi connectivity index (χ2v) is 7.76. The minimum atomic E-state index is -4.43. The van der Waals surface area contributed by atoms with Crippen molar-refractivity contribution in [2.45, 2.75) is 26.4 Å². The van der Waals surface area contributed by atoms with Crippen molar-refractivity contribution in [1.82, 2.24) is 15.0 Å². The van der Waals surface area contributed by atoms with Crippen molar-refractivity contribution in [3.8, 4) is 11.1 Å². The number of alkyl halides is 3. The van der Waals surface area contributed by atoms with Crippen LogP contribution < -0.4 is 5.32 Å². The third-order valence-corrected chi connectivity index (χ3v) is 4.88. The fraction of sp³-hybridized carbons (Fsp3) is 0.208. The molecule has 1 N–H and O–H groups in total. The number of aromatic nitrogens is 3. The Hall–Kier alpha value is -3.48. The first-order valence-electron chi connectivity index (χ1n) is 9.94. The molecule has 0 bridgehead atoms. The lowest BCUT2D eigenvalue weighted by molar-refractivity contribution is -0.137. The summed E-state index contributed by atoms with van der Waals surface area (Å²) in [6.07, 6.45) is -0.387. The zero-order chi connectivity index (χ0) is 22.0. The Labute approximate surface area is 178 Å². The molecule has 2 aromatic heterocycles. The van der Waals surface area contributed by atoms with Gasteiger partial charge in [-0.25, -0.2) is 9.97 Å². The zero-order valence-corrected chi connectivity index (χ0v) is 17.1. The normalized spacial score (nSPS) is 11.8. The van der Waals surface area contributed by atoms with Crippen molar-refractivity contribution in [3.63, 3.8) is 0 Å². The number of hydrogen-bond donors (Lipinski definition) is 1. The molecule has 31 heavy (non-hydrogen) atoms. The van der Waals surface area contributed by atoms with E-state index in [-0.39, 0.29) is 5.56 Å². The number of halogens is 3. The molecule has 0 aliphatic carbocycles. The molecule has 4 rings (SSSR count). The standard InChI is InChI=1S/C24H21F3N4/c1-15(2)11-17-8-9-18(13-28-17)31-23-20-10-7-16(12-22(20)29-14-30-23)19-5-3-4-6-21(19)24(25,26)27/h3-10,12-15H,11H2,1-2H3,(H,29,30,31). The van der Waals surface area contributed by atoms with Crippen molar-refractivity contribution >= 4 is 22.4 Å². The smallest absolute Gasteiger partial charge is 0.338 e. The van der Waals surface area contributed by atoms with Crippen LogP contribution in [-0.4, -0.2) is 15.0 Å². The van der Waals surface area contributed by atoms with Crippen molar-refractivity contribution in [3.05, 3.63) is 78.4 Å². The van der Waals surface area contributed by atoms with Crippen LogP contribution in [0.25, 0.3) is 22.0 Å². The van der Waals surface area contributed by atoms with E-state index in [1.54, 1.807) is 30.5 Å². The highest BCUT2D eigenvalue weighted by Gasteiger charge is 2.33. The van der Waals surface area contributed by atoms with E-state index in [0.717, 1.165) is 23.9 Å². The number of hydrogen-bond acceptors (Lipinski definition) is 4. The van der Waals surface area contributed by atoms with Gasteiger partial charge in [-0.15, -0.1) is 0 Å². The molecule has 0 radical (unpaired) electrons. The summed E-state index contributed by atoms with van der Waals surface area (Å²) >= 11 is 0. The highest BCUT2D eigenvalue weighted by molar-refractivity contribution is 5.93. The van der Waals surface area contributed by atoms with E-state index in [9.17, 15) is 13.2 Å². The van der Waals surface area contributed by atoms with Crippen LogP contribution in [0.15, 0.2) is 67.1 Å². The maximum Gasteiger partial charge on any atom is 0.417 e. The summed E-state index contributed by atoms with van der Waals surface area (Å²) in [5.74, 6) is 1.09. The zero-order valence-electron chi connectivity index (χ0n) is 17.1. The van der Waals surface area contributed by atoms with Gasteiger partial charge in [0.2, 0.25) is 0 Å². The lowest BCUT2D eigenvalue weighted by atomic mass is 9.98. The number of nitrogens with one attached hydrogen (secondary N) is 1. The quantitative estimate of drug-likeness (QED) is 0.391. The van der Waals surface area contributed by atoms with Crippen LogP contribution in [0.2, 0.25) is 0 Å². The van der Waals surface area contributed by atoms with Crippen molar-refractivity contribution in [1.29, 1.82) is 0 Å². The summed E-state index contributed by atoms with van der Waals surface area (Å²) in [4.78, 5) is 13.0. The first kappa shape index (κ1) is 20.8. The Morgan fingerprint density at radius 3 is 2.45 bits per heavy atom. The van der Waals surface area contributed by atoms with E-state index in [0.29, 0.717) is 28.2 Å². The largest absolute Gasteiger partial charge is 0.417 e. The second kappa shape index (κ2) is 8.34. The van der Waals surface area contributed by atoms with Crippen LogP contribution >= 0.6 is 0 Å². The fourth-order valence-corrected chi connectivity index (χ4v) is 3.48. The SMILES string of the molecule is CC(C)Cc1ccc(Nc2ncnc3cc(-c4ccccc4C(F)(F)F)ccc23)cn1. The minimum absolute atomic E-state index is 0.120. The topological polar surface area (TPSA) is 50.7 Å². The van der Waals surface area contributed by atoms with Crippen molar-refractivity contribution < 1.29 is 13.2 Å². The summed E-state index contributed by atoms with van der Waals surface area (Å²) in [6.45, 7) is 4.28. The summed E-state index contributed by atoms with van der Waals surface area (Å²) in [5, 5.41) is 3.94. The van der Waals surface area contributed by atoms with Crippen LogP contribution in [-0.2, 0) is 12.6 Å². The molecular formula is C24H21F3N4. The molecule has 2 aromatic carbocycles. The van der Waals surface area contributed by atoms with Gasteiger partial charge in [0.25, 0.3) is 0 Å². The van der Waals surface area contributed by atoms with Gasteiger partial charge >= 0.3 is 6.18 Å². The van der Waals surface area contributed by atoms with Gasteiger partial charge in [0, 0.05) is 11.1 Å². The Morgan fingerprint density at radius 1 is 0.935 bits per heavy atom. The molecule has 0 aliphatic heterocycles. The van der Waals surface area contributed by atoms with Gasteiger partial charge < -0.3 is 5.32 Å². The summed E-state index contributed by atoms with van der Waals surface area (Å²) < 4.78 is 40.2. The van der Waals surface area contributed by atoms with Crippen LogP contribution in [0.1, 0.15) is 25.1 Å². The molecule has 2 heterocycles. The highest BCUT2D eigenvalue weighted by atomic mass is 19.4. The predicted molar refractivity (Wildman–Crippen MR) is 116 cm³/mol. The minimum Gasteiger partial charge on any atom is -0.338 e. The highest BCUT2D eigenvalue weighted by Crippen LogP contribution is 2.38. The number of fused-ring (bicyclic) bond motifs is 1. The Kier molecular flexibility index (Phi) is 5.59. The van der Waals surface area contributed by atoms with Crippen LogP contribution in [0.4, 0.5) is 24.7 Å². The number of rotatable bonds is 5. The molecule has 0 saturated carbocycles. The molecule has 0 atom stereocenters. The van der Waals surface area contributed by atoms with E-state index < -0.39 is 11.7 Å². The van der Waals surface area contributed by atoms with Crippen molar-refractivity contribution in [2.75, 3.05) is 5.32 Å². The molecule has 4 nitrogen and oxygen atoms in total. The number of nitrogens with zero attached hydrogens (tertiary/aromatic N) is 3. The van der Waals surface area contributed by atoms with Gasteiger partial charge in [0.1, 0.15) is 12.1 Å². The average Bonchev–Trinajstić information content (AvgIpc) is 2.74. The van der Waals surface area contributed by atoms with Gasteiger partial charge in [-0.2, -0.15) is 13.2 Å². The van der Waals surface area contributed by atoms with Gasteiger partial charge in [-0.1, -0.05) is 38.1 Å². The molecule has 4 aromatic rings. The van der Waals surface area contributed by atoms with Gasteiger partial charge in [0.15, 0.2) is 0 Å². The molecular weight excluding hydrogens is 401 g/mol. The van der Waals surface area contributed by atoms with E-state index in [1.807, 2.05) is 12.1 Å². The van der Waals surface area contributed by atoms with Crippen molar-refractivity contribution in [2.24, 2.45) is 5.92 Å². The molecule has 0 unspecified atom stereocenters. The first-order chi connectivity index (χ1) is 14.8. The first-order valence-corrected chi connectivity index (χ1v) is 9.94. The average molecular weight is 422 g/mol. The van der Waals surface area contributed by atoms with Gasteiger partial charge in [-0.3, -0.25) is 4.98 Å². The lowest BCUT2D eigenvalue weighted by Crippen LogP contribution is -2.06. The maximum atomic E-state index is 13.4.